The summed E-state index contributed by atoms with van der Waals surface area (Å²) in [5.41, 5.74) is -0.150. The van der Waals surface area contributed by atoms with Crippen LogP contribution in [0.2, 0.25) is 0 Å². The van der Waals surface area contributed by atoms with Gasteiger partial charge in [0.15, 0.2) is 0 Å². The van der Waals surface area contributed by atoms with E-state index in [0.717, 1.165) is 0 Å². The summed E-state index contributed by atoms with van der Waals surface area (Å²) < 4.78 is 4.90. The molecule has 0 aliphatic rings. The van der Waals surface area contributed by atoms with Crippen molar-refractivity contribution < 1.29 is 19.4 Å². The number of pyridine rings is 1. The molecule has 0 fully saturated rings. The molecule has 20 heavy (non-hydrogen) atoms. The molecule has 0 aliphatic carbocycles. The van der Waals surface area contributed by atoms with Gasteiger partial charge in [0.05, 0.1) is 19.0 Å². The van der Waals surface area contributed by atoms with Gasteiger partial charge in [-0.25, -0.2) is 14.6 Å². The number of ether oxygens (including phenoxy) is 1. The van der Waals surface area contributed by atoms with Crippen molar-refractivity contribution in [2.75, 3.05) is 12.4 Å². The number of aromatic nitrogens is 1. The van der Waals surface area contributed by atoms with E-state index in [9.17, 15) is 9.59 Å². The maximum absolute atomic E-state index is 11.8. The van der Waals surface area contributed by atoms with E-state index in [1.165, 1.54) is 13.3 Å². The lowest BCUT2D eigenvalue weighted by Crippen LogP contribution is -2.50. The molecule has 1 aromatic heterocycles. The molecule has 7 nitrogen and oxygen atoms in total. The first-order chi connectivity index (χ1) is 9.24. The predicted molar refractivity (Wildman–Crippen MR) is 73.8 cm³/mol. The third-order valence-corrected chi connectivity index (χ3v) is 2.59. The van der Waals surface area contributed by atoms with Crippen LogP contribution in [0.3, 0.4) is 0 Å². The molecule has 1 atom stereocenters. The van der Waals surface area contributed by atoms with Crippen molar-refractivity contribution in [3.8, 4) is 5.88 Å². The van der Waals surface area contributed by atoms with Crippen LogP contribution in [0, 0.1) is 5.41 Å². The summed E-state index contributed by atoms with van der Waals surface area (Å²) in [6.45, 7) is 5.21. The fraction of sp³-hybridized carbons (Fsp3) is 0.462. The zero-order valence-electron chi connectivity index (χ0n) is 11.9. The molecule has 1 heterocycles. The lowest BCUT2D eigenvalue weighted by atomic mass is 9.87. The SMILES string of the molecule is COc1ccc(NC(=O)N[C@H](C(=O)O)C(C)(C)C)cn1. The molecule has 0 aliphatic heterocycles. The molecule has 2 amide bonds. The van der Waals surface area contributed by atoms with Crippen LogP contribution in [-0.4, -0.2) is 35.2 Å². The fourth-order valence-corrected chi connectivity index (χ4v) is 1.52. The van der Waals surface area contributed by atoms with Gasteiger partial charge >= 0.3 is 12.0 Å². The number of carboxylic acids is 1. The van der Waals surface area contributed by atoms with Gasteiger partial charge in [-0.3, -0.25) is 0 Å². The lowest BCUT2D eigenvalue weighted by Gasteiger charge is -2.27. The van der Waals surface area contributed by atoms with Crippen LogP contribution in [0.4, 0.5) is 10.5 Å². The van der Waals surface area contributed by atoms with Gasteiger partial charge in [-0.1, -0.05) is 20.8 Å². The van der Waals surface area contributed by atoms with Crippen LogP contribution < -0.4 is 15.4 Å². The Bertz CT molecular complexity index is 479. The monoisotopic (exact) mass is 281 g/mol. The number of nitrogens with zero attached hydrogens (tertiary/aromatic N) is 1. The van der Waals surface area contributed by atoms with Crippen LogP contribution in [-0.2, 0) is 4.79 Å². The van der Waals surface area contributed by atoms with Crippen molar-refractivity contribution in [2.24, 2.45) is 5.41 Å². The van der Waals surface area contributed by atoms with E-state index < -0.39 is 23.5 Å². The zero-order chi connectivity index (χ0) is 15.3. The van der Waals surface area contributed by atoms with E-state index in [1.807, 2.05) is 0 Å². The molecular weight excluding hydrogens is 262 g/mol. The van der Waals surface area contributed by atoms with Gasteiger partial charge in [0.25, 0.3) is 0 Å². The zero-order valence-corrected chi connectivity index (χ0v) is 11.9. The average Bonchev–Trinajstić information content (AvgIpc) is 2.35. The van der Waals surface area contributed by atoms with Crippen molar-refractivity contribution in [1.82, 2.24) is 10.3 Å². The van der Waals surface area contributed by atoms with E-state index in [1.54, 1.807) is 32.9 Å². The first kappa shape index (κ1) is 15.7. The summed E-state index contributed by atoms with van der Waals surface area (Å²) in [5.74, 6) is -0.658. The molecule has 0 aromatic carbocycles. The minimum atomic E-state index is -1.08. The maximum Gasteiger partial charge on any atom is 0.326 e. The Morgan fingerprint density at radius 1 is 1.35 bits per heavy atom. The van der Waals surface area contributed by atoms with Crippen LogP contribution in [0.5, 0.6) is 5.88 Å². The molecule has 1 aromatic rings. The highest BCUT2D eigenvalue weighted by molar-refractivity contribution is 5.92. The Balaban J connectivity index is 2.68. The van der Waals surface area contributed by atoms with Crippen molar-refractivity contribution in [1.29, 1.82) is 0 Å². The van der Waals surface area contributed by atoms with Crippen molar-refractivity contribution in [3.63, 3.8) is 0 Å². The Morgan fingerprint density at radius 3 is 2.40 bits per heavy atom. The molecule has 0 radical (unpaired) electrons. The molecule has 0 saturated carbocycles. The number of methoxy groups -OCH3 is 1. The van der Waals surface area contributed by atoms with E-state index in [2.05, 4.69) is 15.6 Å². The van der Waals surface area contributed by atoms with Crippen LogP contribution in [0.1, 0.15) is 20.8 Å². The van der Waals surface area contributed by atoms with E-state index in [4.69, 9.17) is 9.84 Å². The third kappa shape index (κ3) is 4.42. The normalized spacial score (nSPS) is 12.4. The number of carbonyl (C=O) groups excluding carboxylic acids is 1. The van der Waals surface area contributed by atoms with Crippen molar-refractivity contribution in [3.05, 3.63) is 18.3 Å². The highest BCUT2D eigenvalue weighted by Gasteiger charge is 2.32. The minimum Gasteiger partial charge on any atom is -0.481 e. The largest absolute Gasteiger partial charge is 0.481 e. The third-order valence-electron chi connectivity index (χ3n) is 2.59. The van der Waals surface area contributed by atoms with Gasteiger partial charge in [0, 0.05) is 6.07 Å². The molecule has 7 heteroatoms. The van der Waals surface area contributed by atoms with Crippen LogP contribution in [0.15, 0.2) is 18.3 Å². The molecule has 0 spiro atoms. The van der Waals surface area contributed by atoms with Gasteiger partial charge in [-0.15, -0.1) is 0 Å². The Morgan fingerprint density at radius 2 is 2.00 bits per heavy atom. The highest BCUT2D eigenvalue weighted by Crippen LogP contribution is 2.19. The Labute approximate surface area is 117 Å². The van der Waals surface area contributed by atoms with E-state index in [-0.39, 0.29) is 0 Å². The number of aliphatic carboxylic acids is 1. The topological polar surface area (TPSA) is 101 Å². The summed E-state index contributed by atoms with van der Waals surface area (Å²) in [6, 6.07) is 1.61. The molecule has 3 N–H and O–H groups in total. The molecule has 0 bridgehead atoms. The summed E-state index contributed by atoms with van der Waals surface area (Å²) in [7, 11) is 1.49. The predicted octanol–water partition coefficient (Wildman–Crippen LogP) is 1.71. The van der Waals surface area contributed by atoms with E-state index >= 15 is 0 Å². The van der Waals surface area contributed by atoms with Crippen molar-refractivity contribution in [2.45, 2.75) is 26.8 Å². The molecular formula is C13H19N3O4. The number of amides is 2. The summed E-state index contributed by atoms with van der Waals surface area (Å²) in [4.78, 5) is 26.9. The number of carbonyl (C=O) groups is 2. The van der Waals surface area contributed by atoms with Gasteiger partial charge in [-0.05, 0) is 11.5 Å². The average molecular weight is 281 g/mol. The summed E-state index contributed by atoms with van der Waals surface area (Å²) in [5, 5.41) is 14.1. The van der Waals surface area contributed by atoms with Gasteiger partial charge in [0.1, 0.15) is 6.04 Å². The molecule has 0 saturated heterocycles. The van der Waals surface area contributed by atoms with Gasteiger partial charge < -0.3 is 20.5 Å². The number of carboxylic acid groups (broad SMARTS) is 1. The minimum absolute atomic E-state index is 0.425. The standard InChI is InChI=1S/C13H19N3O4/c1-13(2,3)10(11(17)18)16-12(19)15-8-5-6-9(20-4)14-7-8/h5-7,10H,1-4H3,(H,17,18)(H2,15,16,19)/t10-/m1/s1. The second-order valence-corrected chi connectivity index (χ2v) is 5.32. The second-order valence-electron chi connectivity index (χ2n) is 5.32. The number of rotatable bonds is 4. The number of hydrogen-bond acceptors (Lipinski definition) is 4. The fourth-order valence-electron chi connectivity index (χ4n) is 1.52. The van der Waals surface area contributed by atoms with Gasteiger partial charge in [0.2, 0.25) is 5.88 Å². The summed E-state index contributed by atoms with van der Waals surface area (Å²) in [6.07, 6.45) is 1.42. The first-order valence-electron chi connectivity index (χ1n) is 6.04. The van der Waals surface area contributed by atoms with Crippen LogP contribution >= 0.6 is 0 Å². The number of urea groups is 1. The number of hydrogen-bond donors (Lipinski definition) is 3. The lowest BCUT2D eigenvalue weighted by molar-refractivity contribution is -0.141. The Hall–Kier alpha value is -2.31. The maximum atomic E-state index is 11.8. The first-order valence-corrected chi connectivity index (χ1v) is 6.04. The Kier molecular flexibility index (Phi) is 4.90. The quantitative estimate of drug-likeness (QED) is 0.780. The van der Waals surface area contributed by atoms with E-state index in [0.29, 0.717) is 11.6 Å². The highest BCUT2D eigenvalue weighted by atomic mass is 16.5. The number of anilines is 1. The molecule has 110 valence electrons. The molecule has 1 rings (SSSR count). The second kappa shape index (κ2) is 6.23. The van der Waals surface area contributed by atoms with Gasteiger partial charge in [-0.2, -0.15) is 0 Å². The smallest absolute Gasteiger partial charge is 0.326 e. The van der Waals surface area contributed by atoms with Crippen LogP contribution in [0.25, 0.3) is 0 Å². The number of nitrogens with one attached hydrogen (secondary N) is 2. The summed E-state index contributed by atoms with van der Waals surface area (Å²) >= 11 is 0. The molecule has 0 unspecified atom stereocenters. The van der Waals surface area contributed by atoms with Crippen molar-refractivity contribution >= 4 is 17.7 Å².